The number of nitrogens with zero attached hydrogens (tertiary/aromatic N) is 2. The summed E-state index contributed by atoms with van der Waals surface area (Å²) < 4.78 is 0.640. The molecule has 1 N–H and O–H groups in total. The standard InChI is InChI=1S/C14H14BrN3O2S/c1-10-12(18(19)20)9-17-14(13(10)15)16-7-8-21-11-5-3-2-4-6-11/h2-6,9H,7-8H2,1H3,(H,16,17). The van der Waals surface area contributed by atoms with Crippen LogP contribution in [0.1, 0.15) is 5.56 Å². The molecular formula is C14H14BrN3O2S. The highest BCUT2D eigenvalue weighted by Gasteiger charge is 2.16. The van der Waals surface area contributed by atoms with E-state index in [-0.39, 0.29) is 5.69 Å². The number of aromatic nitrogens is 1. The number of hydrogen-bond donors (Lipinski definition) is 1. The lowest BCUT2D eigenvalue weighted by Crippen LogP contribution is -2.07. The van der Waals surface area contributed by atoms with Crippen molar-refractivity contribution in [3.63, 3.8) is 0 Å². The molecule has 1 heterocycles. The Morgan fingerprint density at radius 1 is 1.38 bits per heavy atom. The molecule has 0 atom stereocenters. The largest absolute Gasteiger partial charge is 0.368 e. The molecule has 0 unspecified atom stereocenters. The van der Waals surface area contributed by atoms with E-state index in [0.29, 0.717) is 15.9 Å². The van der Waals surface area contributed by atoms with Gasteiger partial charge in [0.05, 0.1) is 9.40 Å². The van der Waals surface area contributed by atoms with Crippen molar-refractivity contribution in [1.29, 1.82) is 0 Å². The number of nitrogens with one attached hydrogen (secondary N) is 1. The van der Waals surface area contributed by atoms with Crippen molar-refractivity contribution in [3.8, 4) is 0 Å². The van der Waals surface area contributed by atoms with Gasteiger partial charge in [0.1, 0.15) is 12.0 Å². The number of halogens is 1. The molecule has 0 fully saturated rings. The lowest BCUT2D eigenvalue weighted by Gasteiger charge is -2.09. The van der Waals surface area contributed by atoms with Gasteiger partial charge in [0.2, 0.25) is 0 Å². The number of rotatable bonds is 6. The van der Waals surface area contributed by atoms with Crippen LogP contribution in [0, 0.1) is 17.0 Å². The van der Waals surface area contributed by atoms with Gasteiger partial charge in [0.15, 0.2) is 0 Å². The average Bonchev–Trinajstić information content (AvgIpc) is 2.48. The molecular weight excluding hydrogens is 354 g/mol. The molecule has 0 spiro atoms. The van der Waals surface area contributed by atoms with E-state index in [0.717, 1.165) is 12.3 Å². The summed E-state index contributed by atoms with van der Waals surface area (Å²) in [4.78, 5) is 15.7. The van der Waals surface area contributed by atoms with Crippen molar-refractivity contribution in [2.45, 2.75) is 11.8 Å². The first-order chi connectivity index (χ1) is 10.1. The molecule has 2 aromatic rings. The van der Waals surface area contributed by atoms with Crippen LogP contribution in [-0.4, -0.2) is 22.2 Å². The van der Waals surface area contributed by atoms with E-state index in [1.807, 2.05) is 18.2 Å². The Labute approximate surface area is 135 Å². The Hall–Kier alpha value is -1.60. The minimum atomic E-state index is -0.428. The zero-order valence-corrected chi connectivity index (χ0v) is 13.8. The van der Waals surface area contributed by atoms with Gasteiger partial charge in [-0.25, -0.2) is 4.98 Å². The first kappa shape index (κ1) is 15.8. The highest BCUT2D eigenvalue weighted by molar-refractivity contribution is 9.10. The molecule has 0 radical (unpaired) electrons. The van der Waals surface area contributed by atoms with E-state index in [4.69, 9.17) is 0 Å². The summed E-state index contributed by atoms with van der Waals surface area (Å²) in [6.07, 6.45) is 1.28. The summed E-state index contributed by atoms with van der Waals surface area (Å²) in [5.41, 5.74) is 0.597. The number of thioether (sulfide) groups is 1. The summed E-state index contributed by atoms with van der Waals surface area (Å²) in [5.74, 6) is 1.51. The number of hydrogen-bond acceptors (Lipinski definition) is 5. The third-order valence-electron chi connectivity index (χ3n) is 2.84. The molecule has 1 aromatic carbocycles. The van der Waals surface area contributed by atoms with Crippen molar-refractivity contribution in [3.05, 3.63) is 56.7 Å². The van der Waals surface area contributed by atoms with E-state index in [1.54, 1.807) is 18.7 Å². The second-order valence-corrected chi connectivity index (χ2v) is 6.24. The normalized spacial score (nSPS) is 10.4. The van der Waals surface area contributed by atoms with E-state index in [1.165, 1.54) is 11.1 Å². The van der Waals surface area contributed by atoms with Gasteiger partial charge in [-0.1, -0.05) is 18.2 Å². The van der Waals surface area contributed by atoms with Gasteiger partial charge in [0, 0.05) is 22.8 Å². The van der Waals surface area contributed by atoms with Gasteiger partial charge in [-0.15, -0.1) is 11.8 Å². The van der Waals surface area contributed by atoms with Crippen LogP contribution < -0.4 is 5.32 Å². The highest BCUT2D eigenvalue weighted by Crippen LogP contribution is 2.30. The van der Waals surface area contributed by atoms with E-state index < -0.39 is 4.92 Å². The van der Waals surface area contributed by atoms with Gasteiger partial charge in [-0.05, 0) is 35.0 Å². The van der Waals surface area contributed by atoms with E-state index in [9.17, 15) is 10.1 Å². The van der Waals surface area contributed by atoms with Crippen LogP contribution in [-0.2, 0) is 0 Å². The van der Waals surface area contributed by atoms with Crippen molar-refractivity contribution in [2.75, 3.05) is 17.6 Å². The summed E-state index contributed by atoms with van der Waals surface area (Å²) in [7, 11) is 0. The van der Waals surface area contributed by atoms with E-state index in [2.05, 4.69) is 38.4 Å². The number of nitro groups is 1. The van der Waals surface area contributed by atoms with Crippen LogP contribution in [0.5, 0.6) is 0 Å². The zero-order chi connectivity index (χ0) is 15.2. The van der Waals surface area contributed by atoms with Crippen molar-refractivity contribution in [2.24, 2.45) is 0 Å². The van der Waals surface area contributed by atoms with E-state index >= 15 is 0 Å². The minimum absolute atomic E-state index is 0.0195. The smallest absolute Gasteiger partial charge is 0.291 e. The highest BCUT2D eigenvalue weighted by atomic mass is 79.9. The first-order valence-corrected chi connectivity index (χ1v) is 8.08. The van der Waals surface area contributed by atoms with Crippen LogP contribution >= 0.6 is 27.7 Å². The molecule has 0 aliphatic heterocycles. The monoisotopic (exact) mass is 367 g/mol. The molecule has 0 aliphatic rings. The van der Waals surface area contributed by atoms with Crippen LogP contribution in [0.15, 0.2) is 45.9 Å². The Bertz CT molecular complexity index is 638. The van der Waals surface area contributed by atoms with Crippen LogP contribution in [0.25, 0.3) is 0 Å². The predicted octanol–water partition coefficient (Wildman–Crippen LogP) is 4.26. The second kappa shape index (κ2) is 7.42. The number of pyridine rings is 1. The molecule has 21 heavy (non-hydrogen) atoms. The van der Waals surface area contributed by atoms with Gasteiger partial charge < -0.3 is 5.32 Å². The molecule has 0 aliphatic carbocycles. The van der Waals surface area contributed by atoms with Gasteiger partial charge in [-0.2, -0.15) is 0 Å². The first-order valence-electron chi connectivity index (χ1n) is 6.31. The SMILES string of the molecule is Cc1c([N+](=O)[O-])cnc(NCCSc2ccccc2)c1Br. The molecule has 0 saturated carbocycles. The fourth-order valence-corrected chi connectivity index (χ4v) is 2.97. The molecule has 1 aromatic heterocycles. The maximum Gasteiger partial charge on any atom is 0.291 e. The molecule has 7 heteroatoms. The minimum Gasteiger partial charge on any atom is -0.368 e. The molecule has 0 bridgehead atoms. The van der Waals surface area contributed by atoms with Crippen LogP contribution in [0.3, 0.4) is 0 Å². The maximum absolute atomic E-state index is 10.8. The molecule has 5 nitrogen and oxygen atoms in total. The molecule has 0 amide bonds. The number of anilines is 1. The predicted molar refractivity (Wildman–Crippen MR) is 89.0 cm³/mol. The lowest BCUT2D eigenvalue weighted by molar-refractivity contribution is -0.385. The fraction of sp³-hybridized carbons (Fsp3) is 0.214. The Balaban J connectivity index is 1.92. The number of benzene rings is 1. The average molecular weight is 368 g/mol. The third kappa shape index (κ3) is 4.18. The molecule has 0 saturated heterocycles. The lowest BCUT2D eigenvalue weighted by atomic mass is 10.2. The van der Waals surface area contributed by atoms with Crippen molar-refractivity contribution < 1.29 is 4.92 Å². The Kier molecular flexibility index (Phi) is 5.58. The van der Waals surface area contributed by atoms with Crippen molar-refractivity contribution >= 4 is 39.2 Å². The topological polar surface area (TPSA) is 68.1 Å². The Morgan fingerprint density at radius 3 is 2.76 bits per heavy atom. The van der Waals surface area contributed by atoms with Gasteiger partial charge >= 0.3 is 0 Å². The Morgan fingerprint density at radius 2 is 2.10 bits per heavy atom. The quantitative estimate of drug-likeness (QED) is 0.357. The molecule has 110 valence electrons. The summed E-state index contributed by atoms with van der Waals surface area (Å²) in [6.45, 7) is 2.43. The van der Waals surface area contributed by atoms with Crippen molar-refractivity contribution in [1.82, 2.24) is 4.98 Å². The van der Waals surface area contributed by atoms with Crippen LogP contribution in [0.4, 0.5) is 11.5 Å². The van der Waals surface area contributed by atoms with Gasteiger partial charge in [0.25, 0.3) is 5.69 Å². The van der Waals surface area contributed by atoms with Crippen LogP contribution in [0.2, 0.25) is 0 Å². The summed E-state index contributed by atoms with van der Waals surface area (Å²) in [6, 6.07) is 10.1. The zero-order valence-electron chi connectivity index (χ0n) is 11.4. The second-order valence-electron chi connectivity index (χ2n) is 4.28. The summed E-state index contributed by atoms with van der Waals surface area (Å²) in [5, 5.41) is 14.0. The summed E-state index contributed by atoms with van der Waals surface area (Å²) >= 11 is 5.10. The van der Waals surface area contributed by atoms with Gasteiger partial charge in [-0.3, -0.25) is 10.1 Å². The maximum atomic E-state index is 10.8. The third-order valence-corrected chi connectivity index (χ3v) is 4.82. The molecule has 2 rings (SSSR count). The fourth-order valence-electron chi connectivity index (χ4n) is 1.73.